The lowest BCUT2D eigenvalue weighted by Crippen LogP contribution is -2.42. The fraction of sp³-hybridized carbons (Fsp3) is 0.407. The quantitative estimate of drug-likeness (QED) is 0.472. The van der Waals surface area contributed by atoms with Crippen LogP contribution in [-0.2, 0) is 6.42 Å². The third kappa shape index (κ3) is 3.40. The Hall–Kier alpha value is -2.68. The predicted molar refractivity (Wildman–Crippen MR) is 124 cm³/mol. The highest BCUT2D eigenvalue weighted by Gasteiger charge is 2.53. The summed E-state index contributed by atoms with van der Waals surface area (Å²) in [5.74, 6) is 2.48. The molecule has 1 N–H and O–H groups in total. The van der Waals surface area contributed by atoms with E-state index in [0.29, 0.717) is 17.6 Å². The molecule has 0 aromatic heterocycles. The first-order valence-electron chi connectivity index (χ1n) is 11.3. The monoisotopic (exact) mass is 398 g/mol. The summed E-state index contributed by atoms with van der Waals surface area (Å²) in [4.78, 5) is 0. The Morgan fingerprint density at radius 3 is 2.77 bits per heavy atom. The van der Waals surface area contributed by atoms with Crippen molar-refractivity contribution in [1.82, 2.24) is 0 Å². The molecule has 3 nitrogen and oxygen atoms in total. The number of phenols is 1. The normalized spacial score (nSPS) is 31.8. The number of allylic oxidation sites excluding steroid dienone is 1. The smallest absolute Gasteiger partial charge is 0.115 e. The summed E-state index contributed by atoms with van der Waals surface area (Å²) in [6, 6.07) is 16.3. The second-order valence-electron chi connectivity index (χ2n) is 9.37. The maximum Gasteiger partial charge on any atom is 0.115 e. The number of hydrogen-bond donors (Lipinski definition) is 1. The van der Waals surface area contributed by atoms with Gasteiger partial charge in [0.1, 0.15) is 5.75 Å². The van der Waals surface area contributed by atoms with Crippen molar-refractivity contribution in [3.63, 3.8) is 0 Å². The predicted octanol–water partition coefficient (Wildman–Crippen LogP) is 6.39. The first kappa shape index (κ1) is 19.3. The van der Waals surface area contributed by atoms with Crippen molar-refractivity contribution in [2.45, 2.75) is 51.4 Å². The molecule has 0 aliphatic heterocycles. The summed E-state index contributed by atoms with van der Waals surface area (Å²) < 4.78 is 0. The molecule has 2 aromatic rings. The van der Waals surface area contributed by atoms with Crippen LogP contribution in [0.1, 0.15) is 61.6 Å². The molecular formula is C27H30N2O. The summed E-state index contributed by atoms with van der Waals surface area (Å²) in [6.45, 7) is 2.43. The Labute approximate surface area is 179 Å². The van der Waals surface area contributed by atoms with Crippen LogP contribution in [0.3, 0.4) is 0 Å². The van der Waals surface area contributed by atoms with Gasteiger partial charge in [-0.15, -0.1) is 0 Å². The van der Waals surface area contributed by atoms with Gasteiger partial charge < -0.3 is 5.11 Å². The molecule has 154 valence electrons. The van der Waals surface area contributed by atoms with E-state index < -0.39 is 0 Å². The van der Waals surface area contributed by atoms with Gasteiger partial charge in [0, 0.05) is 17.3 Å². The van der Waals surface area contributed by atoms with Gasteiger partial charge in [0.2, 0.25) is 0 Å². The maximum absolute atomic E-state index is 9.86. The molecule has 5 rings (SSSR count). The van der Waals surface area contributed by atoms with Crippen LogP contribution in [0.5, 0.6) is 5.75 Å². The lowest BCUT2D eigenvalue weighted by Gasteiger charge is -2.49. The maximum atomic E-state index is 9.86. The molecule has 3 aliphatic carbocycles. The van der Waals surface area contributed by atoms with Crippen LogP contribution in [0.15, 0.2) is 64.8 Å². The van der Waals surface area contributed by atoms with Gasteiger partial charge in [-0.05, 0) is 91.2 Å². The van der Waals surface area contributed by atoms with Gasteiger partial charge in [-0.25, -0.2) is 0 Å². The minimum atomic E-state index is 0.191. The number of aryl methyl sites for hydroxylation is 1. The number of hydrogen-bond acceptors (Lipinski definition) is 3. The number of nitrogens with zero attached hydrogens (tertiary/aromatic N) is 2. The minimum absolute atomic E-state index is 0.191. The Morgan fingerprint density at radius 1 is 1.03 bits per heavy atom. The van der Waals surface area contributed by atoms with Crippen molar-refractivity contribution in [3.8, 4) is 5.75 Å². The molecule has 0 spiro atoms. The molecule has 3 heteroatoms. The van der Waals surface area contributed by atoms with Gasteiger partial charge in [-0.2, -0.15) is 10.2 Å². The molecule has 0 bridgehead atoms. The third-order valence-corrected chi connectivity index (χ3v) is 7.87. The highest BCUT2D eigenvalue weighted by Crippen LogP contribution is 2.60. The van der Waals surface area contributed by atoms with E-state index in [1.165, 1.54) is 48.1 Å². The summed E-state index contributed by atoms with van der Waals surface area (Å²) in [5, 5.41) is 19.0. The topological polar surface area (TPSA) is 45.0 Å². The number of aromatic hydroxyl groups is 1. The highest BCUT2D eigenvalue weighted by atomic mass is 16.3. The summed E-state index contributed by atoms with van der Waals surface area (Å²) >= 11 is 0. The van der Waals surface area contributed by atoms with Crippen molar-refractivity contribution >= 4 is 18.0 Å². The van der Waals surface area contributed by atoms with E-state index in [1.54, 1.807) is 0 Å². The van der Waals surface area contributed by atoms with Gasteiger partial charge in [-0.1, -0.05) is 49.4 Å². The fourth-order valence-electron chi connectivity index (χ4n) is 6.38. The van der Waals surface area contributed by atoms with Gasteiger partial charge in [0.05, 0.1) is 0 Å². The second-order valence-corrected chi connectivity index (χ2v) is 9.37. The van der Waals surface area contributed by atoms with Crippen LogP contribution in [0.25, 0.3) is 6.08 Å². The molecule has 0 radical (unpaired) electrons. The molecule has 0 amide bonds. The third-order valence-electron chi connectivity index (χ3n) is 7.87. The van der Waals surface area contributed by atoms with E-state index >= 15 is 0 Å². The van der Waals surface area contributed by atoms with Gasteiger partial charge in [0.15, 0.2) is 0 Å². The molecule has 2 fully saturated rings. The minimum Gasteiger partial charge on any atom is -0.508 e. The largest absolute Gasteiger partial charge is 0.508 e. The van der Waals surface area contributed by atoms with E-state index in [0.717, 1.165) is 18.8 Å². The van der Waals surface area contributed by atoms with Crippen molar-refractivity contribution in [3.05, 3.63) is 71.3 Å². The standard InChI is InChI=1S/C27H30N2O/c1-27-16-15-23-22-12-10-21(30)18-20(22)9-11-24(23)25(27)13-14-26(27)29-28-17-5-8-19-6-3-2-4-7-19/h2-8,10,12,17-18,23-25,30H,9,11,13-16H2,1H3/b8-5+,28-17-,29-26-/t23-,24+,25+,27-/m1/s1. The zero-order chi connectivity index (χ0) is 20.6. The number of benzene rings is 2. The van der Waals surface area contributed by atoms with Gasteiger partial charge >= 0.3 is 0 Å². The SMILES string of the molecule is C[C@@]12CC[C@@H]3c4ccc(O)cc4CC[C@@H]3[C@@H]1CC/C2=N/N=C\C=C\c1ccccc1. The van der Waals surface area contributed by atoms with Crippen LogP contribution in [0, 0.1) is 17.3 Å². The van der Waals surface area contributed by atoms with Crippen LogP contribution in [-0.4, -0.2) is 17.0 Å². The molecule has 30 heavy (non-hydrogen) atoms. The Balaban J connectivity index is 1.32. The first-order valence-corrected chi connectivity index (χ1v) is 11.3. The van der Waals surface area contributed by atoms with Crippen molar-refractivity contribution in [1.29, 1.82) is 0 Å². The summed E-state index contributed by atoms with van der Waals surface area (Å²) in [5.41, 5.74) is 5.51. The van der Waals surface area contributed by atoms with Crippen LogP contribution < -0.4 is 0 Å². The fourth-order valence-corrected chi connectivity index (χ4v) is 6.38. The van der Waals surface area contributed by atoms with Crippen LogP contribution >= 0.6 is 0 Å². The van der Waals surface area contributed by atoms with Crippen molar-refractivity contribution < 1.29 is 5.11 Å². The molecule has 3 aliphatic rings. The average Bonchev–Trinajstić information content (AvgIpc) is 3.10. The van der Waals surface area contributed by atoms with E-state index in [-0.39, 0.29) is 5.41 Å². The second kappa shape index (κ2) is 7.86. The van der Waals surface area contributed by atoms with Gasteiger partial charge in [0.25, 0.3) is 0 Å². The van der Waals surface area contributed by atoms with Crippen LogP contribution in [0.2, 0.25) is 0 Å². The molecule has 0 saturated heterocycles. The molecule has 0 unspecified atom stereocenters. The highest BCUT2D eigenvalue weighted by molar-refractivity contribution is 5.93. The number of phenolic OH excluding ortho intramolecular Hbond substituents is 1. The Morgan fingerprint density at radius 2 is 1.90 bits per heavy atom. The lowest BCUT2D eigenvalue weighted by molar-refractivity contribution is 0.0955. The van der Waals surface area contributed by atoms with Crippen LogP contribution in [0.4, 0.5) is 0 Å². The first-order chi connectivity index (χ1) is 14.6. The molecule has 2 aromatic carbocycles. The molecule has 2 saturated carbocycles. The Bertz CT molecular complexity index is 1010. The van der Waals surface area contributed by atoms with Crippen molar-refractivity contribution in [2.75, 3.05) is 0 Å². The molecule has 4 atom stereocenters. The number of rotatable bonds is 3. The van der Waals surface area contributed by atoms with E-state index in [2.05, 4.69) is 36.3 Å². The number of fused-ring (bicyclic) bond motifs is 5. The zero-order valence-electron chi connectivity index (χ0n) is 17.7. The summed E-state index contributed by atoms with van der Waals surface area (Å²) in [7, 11) is 0. The Kier molecular flexibility index (Phi) is 5.06. The van der Waals surface area contributed by atoms with Crippen molar-refractivity contribution in [2.24, 2.45) is 27.5 Å². The van der Waals surface area contributed by atoms with E-state index in [4.69, 9.17) is 5.10 Å². The van der Waals surface area contributed by atoms with E-state index in [9.17, 15) is 5.11 Å². The summed E-state index contributed by atoms with van der Waals surface area (Å²) in [6.07, 6.45) is 12.9. The van der Waals surface area contributed by atoms with E-state index in [1.807, 2.05) is 42.6 Å². The molecule has 0 heterocycles. The molecular weight excluding hydrogens is 368 g/mol. The average molecular weight is 399 g/mol. The lowest BCUT2D eigenvalue weighted by atomic mass is 9.55. The zero-order valence-corrected chi connectivity index (χ0v) is 17.7. The van der Waals surface area contributed by atoms with Gasteiger partial charge in [-0.3, -0.25) is 0 Å².